The van der Waals surface area contributed by atoms with Crippen molar-refractivity contribution in [3.05, 3.63) is 24.3 Å². The number of carbonyl (C=O) groups excluding carboxylic acids is 2. The molecule has 0 radical (unpaired) electrons. The Morgan fingerprint density at radius 3 is 2.53 bits per heavy atom. The average molecular weight is 238 g/mol. The lowest BCUT2D eigenvalue weighted by Crippen LogP contribution is -2.03. The zero-order valence-electron chi connectivity index (χ0n) is 10.1. The minimum absolute atomic E-state index is 0.220. The molecule has 0 aromatic heterocycles. The second kappa shape index (κ2) is 7.65. The van der Waals surface area contributed by atoms with Crippen LogP contribution >= 0.6 is 0 Å². The van der Waals surface area contributed by atoms with Gasteiger partial charge in [-0.15, -0.1) is 0 Å². The van der Waals surface area contributed by atoms with E-state index in [0.717, 1.165) is 25.7 Å². The molecule has 0 bridgehead atoms. The van der Waals surface area contributed by atoms with E-state index in [1.807, 2.05) is 12.2 Å². The predicted molar refractivity (Wildman–Crippen MR) is 63.6 cm³/mol. The molecule has 94 valence electrons. The number of carbonyl (C=O) groups is 2. The molecular weight excluding hydrogens is 220 g/mol. The van der Waals surface area contributed by atoms with Crippen molar-refractivity contribution in [2.75, 3.05) is 13.7 Å². The Morgan fingerprint density at radius 1 is 1.18 bits per heavy atom. The molecule has 0 atom stereocenters. The molecule has 4 nitrogen and oxygen atoms in total. The molecule has 0 spiro atoms. The first-order valence-corrected chi connectivity index (χ1v) is 5.80. The summed E-state index contributed by atoms with van der Waals surface area (Å²) in [6.07, 6.45) is 10.3. The zero-order valence-corrected chi connectivity index (χ0v) is 10.1. The van der Waals surface area contributed by atoms with Crippen LogP contribution < -0.4 is 0 Å². The van der Waals surface area contributed by atoms with Crippen molar-refractivity contribution in [1.82, 2.24) is 0 Å². The number of rotatable bonds is 7. The van der Waals surface area contributed by atoms with Gasteiger partial charge in [-0.2, -0.15) is 0 Å². The van der Waals surface area contributed by atoms with Gasteiger partial charge in [0, 0.05) is 5.92 Å². The third-order valence-corrected chi connectivity index (χ3v) is 2.39. The summed E-state index contributed by atoms with van der Waals surface area (Å²) in [6.45, 7) is 0.220. The van der Waals surface area contributed by atoms with E-state index in [1.54, 1.807) is 12.2 Å². The Kier molecular flexibility index (Phi) is 6.07. The summed E-state index contributed by atoms with van der Waals surface area (Å²) in [7, 11) is 1.27. The number of ketones is 1. The maximum Gasteiger partial charge on any atom is 0.508 e. The third-order valence-electron chi connectivity index (χ3n) is 2.39. The summed E-state index contributed by atoms with van der Waals surface area (Å²) in [6, 6.07) is 0. The van der Waals surface area contributed by atoms with Crippen LogP contribution in [0.2, 0.25) is 0 Å². The fraction of sp³-hybridized carbons (Fsp3) is 0.538. The van der Waals surface area contributed by atoms with Gasteiger partial charge in [-0.05, 0) is 31.8 Å². The first-order chi connectivity index (χ1) is 8.24. The lowest BCUT2D eigenvalue weighted by atomic mass is 10.2. The summed E-state index contributed by atoms with van der Waals surface area (Å²) in [4.78, 5) is 21.8. The van der Waals surface area contributed by atoms with Crippen molar-refractivity contribution in [1.29, 1.82) is 0 Å². The van der Waals surface area contributed by atoms with Gasteiger partial charge in [-0.3, -0.25) is 4.79 Å². The molecule has 0 aromatic carbocycles. The second-order valence-electron chi connectivity index (χ2n) is 3.89. The Morgan fingerprint density at radius 2 is 1.88 bits per heavy atom. The number of methoxy groups -OCH3 is 1. The quantitative estimate of drug-likeness (QED) is 0.296. The first kappa shape index (κ1) is 13.5. The molecule has 0 unspecified atom stereocenters. The van der Waals surface area contributed by atoms with Crippen molar-refractivity contribution in [2.45, 2.75) is 25.7 Å². The third kappa shape index (κ3) is 6.56. The fourth-order valence-electron chi connectivity index (χ4n) is 1.26. The van der Waals surface area contributed by atoms with E-state index in [2.05, 4.69) is 9.47 Å². The molecule has 1 rings (SSSR count). The van der Waals surface area contributed by atoms with Crippen molar-refractivity contribution in [2.24, 2.45) is 5.92 Å². The summed E-state index contributed by atoms with van der Waals surface area (Å²) in [5.74, 6) is 0.554. The van der Waals surface area contributed by atoms with Crippen molar-refractivity contribution >= 4 is 11.9 Å². The van der Waals surface area contributed by atoms with Crippen LogP contribution in [0.25, 0.3) is 0 Å². The Balaban J connectivity index is 1.97. The molecular formula is C13H18O4. The van der Waals surface area contributed by atoms with E-state index < -0.39 is 6.16 Å². The molecule has 1 saturated carbocycles. The molecule has 0 saturated heterocycles. The average Bonchev–Trinajstić information content (AvgIpc) is 3.15. The Hall–Kier alpha value is -1.58. The number of allylic oxidation sites excluding steroid dienone is 3. The zero-order chi connectivity index (χ0) is 12.5. The van der Waals surface area contributed by atoms with Crippen molar-refractivity contribution in [3.63, 3.8) is 0 Å². The maximum atomic E-state index is 11.3. The molecule has 4 heteroatoms. The molecule has 1 fully saturated rings. The van der Waals surface area contributed by atoms with Crippen LogP contribution in [-0.4, -0.2) is 25.7 Å². The second-order valence-corrected chi connectivity index (χ2v) is 3.89. The summed E-state index contributed by atoms with van der Waals surface area (Å²) < 4.78 is 8.96. The number of hydrogen-bond donors (Lipinski definition) is 0. The van der Waals surface area contributed by atoms with E-state index in [-0.39, 0.29) is 12.4 Å². The van der Waals surface area contributed by atoms with Gasteiger partial charge in [0.2, 0.25) is 0 Å². The van der Waals surface area contributed by atoms with Crippen LogP contribution in [0.15, 0.2) is 24.3 Å². The normalized spacial score (nSPS) is 15.4. The Labute approximate surface area is 101 Å². The molecule has 0 N–H and O–H groups in total. The molecule has 1 aliphatic carbocycles. The lowest BCUT2D eigenvalue weighted by molar-refractivity contribution is -0.115. The van der Waals surface area contributed by atoms with Crippen LogP contribution in [-0.2, 0) is 14.3 Å². The van der Waals surface area contributed by atoms with Crippen LogP contribution in [0.5, 0.6) is 0 Å². The van der Waals surface area contributed by atoms with E-state index in [0.29, 0.717) is 5.92 Å². The van der Waals surface area contributed by atoms with Crippen molar-refractivity contribution < 1.29 is 19.1 Å². The van der Waals surface area contributed by atoms with Crippen molar-refractivity contribution in [3.8, 4) is 0 Å². The molecule has 0 aromatic rings. The predicted octanol–water partition coefficient (Wildman–Crippen LogP) is 2.64. The van der Waals surface area contributed by atoms with Gasteiger partial charge in [-0.1, -0.05) is 18.2 Å². The Bertz CT molecular complexity index is 313. The first-order valence-electron chi connectivity index (χ1n) is 5.80. The topological polar surface area (TPSA) is 52.6 Å². The number of unbranched alkanes of at least 4 members (excludes halogenated alkanes) is 1. The highest BCUT2D eigenvalue weighted by atomic mass is 16.7. The monoisotopic (exact) mass is 238 g/mol. The largest absolute Gasteiger partial charge is 0.508 e. The summed E-state index contributed by atoms with van der Waals surface area (Å²) >= 11 is 0. The molecule has 0 heterocycles. The highest BCUT2D eigenvalue weighted by molar-refractivity contribution is 5.93. The minimum Gasteiger partial charge on any atom is -0.438 e. The van der Waals surface area contributed by atoms with Gasteiger partial charge in [-0.25, -0.2) is 4.79 Å². The van der Waals surface area contributed by atoms with Gasteiger partial charge in [0.15, 0.2) is 5.78 Å². The van der Waals surface area contributed by atoms with Crippen LogP contribution in [0.3, 0.4) is 0 Å². The molecule has 1 aliphatic rings. The summed E-state index contributed by atoms with van der Waals surface area (Å²) in [5, 5.41) is 0. The van der Waals surface area contributed by atoms with Gasteiger partial charge < -0.3 is 9.47 Å². The van der Waals surface area contributed by atoms with Crippen LogP contribution in [0.4, 0.5) is 4.79 Å². The van der Waals surface area contributed by atoms with Crippen LogP contribution in [0.1, 0.15) is 25.7 Å². The highest BCUT2D eigenvalue weighted by Gasteiger charge is 2.27. The van der Waals surface area contributed by atoms with E-state index in [9.17, 15) is 9.59 Å². The maximum absolute atomic E-state index is 11.3. The number of ether oxygens (including phenoxy) is 2. The van der Waals surface area contributed by atoms with Gasteiger partial charge in [0.25, 0.3) is 0 Å². The van der Waals surface area contributed by atoms with E-state index in [1.165, 1.54) is 7.11 Å². The standard InChI is InChI=1S/C13H18O4/c1-16-13(15)17-10-6-4-2-3-5-7-12(14)11-8-9-11/h4-7,11H,2-3,8-10H2,1H3/b6-4+,7-5+. The smallest absolute Gasteiger partial charge is 0.438 e. The minimum atomic E-state index is -0.676. The summed E-state index contributed by atoms with van der Waals surface area (Å²) in [5.41, 5.74) is 0. The van der Waals surface area contributed by atoms with Gasteiger partial charge in [0.1, 0.15) is 6.61 Å². The van der Waals surface area contributed by atoms with Gasteiger partial charge >= 0.3 is 6.16 Å². The SMILES string of the molecule is COC(=O)OC/C=C/CC/C=C/C(=O)C1CC1. The molecule has 0 amide bonds. The van der Waals surface area contributed by atoms with E-state index >= 15 is 0 Å². The van der Waals surface area contributed by atoms with Gasteiger partial charge in [0.05, 0.1) is 7.11 Å². The number of hydrogen-bond acceptors (Lipinski definition) is 4. The lowest BCUT2D eigenvalue weighted by Gasteiger charge is -1.97. The molecule has 17 heavy (non-hydrogen) atoms. The molecule has 0 aliphatic heterocycles. The van der Waals surface area contributed by atoms with Crippen LogP contribution in [0, 0.1) is 5.92 Å². The highest BCUT2D eigenvalue weighted by Crippen LogP contribution is 2.30. The fourth-order valence-corrected chi connectivity index (χ4v) is 1.26. The van der Waals surface area contributed by atoms with E-state index in [4.69, 9.17) is 0 Å².